The van der Waals surface area contributed by atoms with Crippen molar-refractivity contribution in [1.82, 2.24) is 9.62 Å². The molecule has 1 aromatic carbocycles. The fourth-order valence-electron chi connectivity index (χ4n) is 2.10. The van der Waals surface area contributed by atoms with Crippen molar-refractivity contribution in [2.45, 2.75) is 17.9 Å². The third-order valence-corrected chi connectivity index (χ3v) is 4.78. The Labute approximate surface area is 129 Å². The van der Waals surface area contributed by atoms with Gasteiger partial charge in [-0.1, -0.05) is 6.07 Å². The third kappa shape index (κ3) is 3.73. The SMILES string of the molecule is Cc1ccc(F)c(S(=O)(=O)NC[C@@H](c2ccco2)N(C)C)c1. The quantitative estimate of drug-likeness (QED) is 0.885. The fraction of sp³-hybridized carbons (Fsp3) is 0.333. The summed E-state index contributed by atoms with van der Waals surface area (Å²) >= 11 is 0. The van der Waals surface area contributed by atoms with Crippen LogP contribution in [0, 0.1) is 12.7 Å². The lowest BCUT2D eigenvalue weighted by Crippen LogP contribution is -2.34. The second-order valence-electron chi connectivity index (χ2n) is 5.28. The molecule has 0 saturated heterocycles. The van der Waals surface area contributed by atoms with Gasteiger partial charge in [-0.05, 0) is 50.8 Å². The van der Waals surface area contributed by atoms with Crippen LogP contribution in [-0.4, -0.2) is 34.0 Å². The van der Waals surface area contributed by atoms with Crippen LogP contribution in [0.5, 0.6) is 0 Å². The average molecular weight is 326 g/mol. The van der Waals surface area contributed by atoms with E-state index in [0.29, 0.717) is 11.3 Å². The van der Waals surface area contributed by atoms with Gasteiger partial charge in [0.15, 0.2) is 0 Å². The van der Waals surface area contributed by atoms with Crippen LogP contribution in [0.15, 0.2) is 45.9 Å². The van der Waals surface area contributed by atoms with Crippen LogP contribution in [0.25, 0.3) is 0 Å². The summed E-state index contributed by atoms with van der Waals surface area (Å²) in [6.45, 7) is 1.79. The standard InChI is InChI=1S/C15H19FN2O3S/c1-11-6-7-12(16)15(9-11)22(19,20)17-10-13(18(2)3)14-5-4-8-21-14/h4-9,13,17H,10H2,1-3H3/t13-/m0/s1. The van der Waals surface area contributed by atoms with E-state index in [-0.39, 0.29) is 17.5 Å². The summed E-state index contributed by atoms with van der Waals surface area (Å²) in [5.41, 5.74) is 0.678. The average Bonchev–Trinajstić information content (AvgIpc) is 2.95. The second-order valence-corrected chi connectivity index (χ2v) is 7.02. The van der Waals surface area contributed by atoms with E-state index in [2.05, 4.69) is 4.72 Å². The Hall–Kier alpha value is -1.70. The number of likely N-dealkylation sites (N-methyl/N-ethyl adjacent to an activating group) is 1. The lowest BCUT2D eigenvalue weighted by Gasteiger charge is -2.22. The van der Waals surface area contributed by atoms with Gasteiger partial charge >= 0.3 is 0 Å². The topological polar surface area (TPSA) is 62.6 Å². The molecule has 1 heterocycles. The Morgan fingerprint density at radius 2 is 2.05 bits per heavy atom. The summed E-state index contributed by atoms with van der Waals surface area (Å²) in [7, 11) is -0.298. The number of sulfonamides is 1. The molecule has 120 valence electrons. The monoisotopic (exact) mass is 326 g/mol. The van der Waals surface area contributed by atoms with Gasteiger partial charge in [0.1, 0.15) is 16.5 Å². The van der Waals surface area contributed by atoms with Crippen molar-refractivity contribution in [3.63, 3.8) is 0 Å². The van der Waals surface area contributed by atoms with E-state index >= 15 is 0 Å². The van der Waals surface area contributed by atoms with Gasteiger partial charge in [0.2, 0.25) is 10.0 Å². The van der Waals surface area contributed by atoms with Crippen molar-refractivity contribution in [3.05, 3.63) is 53.7 Å². The zero-order valence-corrected chi connectivity index (χ0v) is 13.5. The Kier molecular flexibility index (Phi) is 5.00. The number of nitrogens with one attached hydrogen (secondary N) is 1. The van der Waals surface area contributed by atoms with Gasteiger partial charge in [-0.2, -0.15) is 0 Å². The van der Waals surface area contributed by atoms with Gasteiger partial charge < -0.3 is 4.42 Å². The van der Waals surface area contributed by atoms with Gasteiger partial charge in [-0.3, -0.25) is 4.90 Å². The summed E-state index contributed by atoms with van der Waals surface area (Å²) in [5.74, 6) is -0.130. The number of rotatable bonds is 6. The Morgan fingerprint density at radius 1 is 1.32 bits per heavy atom. The molecule has 0 aliphatic carbocycles. The van der Waals surface area contributed by atoms with E-state index in [1.807, 2.05) is 19.0 Å². The van der Waals surface area contributed by atoms with Gasteiger partial charge in [0.05, 0.1) is 12.3 Å². The molecule has 5 nitrogen and oxygen atoms in total. The number of hydrogen-bond donors (Lipinski definition) is 1. The second kappa shape index (κ2) is 6.60. The molecule has 0 bridgehead atoms. The molecule has 2 aromatic rings. The molecular weight excluding hydrogens is 307 g/mol. The first-order chi connectivity index (χ1) is 10.3. The minimum Gasteiger partial charge on any atom is -0.468 e. The molecule has 0 amide bonds. The highest BCUT2D eigenvalue weighted by Gasteiger charge is 2.23. The third-order valence-electron chi connectivity index (χ3n) is 3.34. The molecule has 2 rings (SSSR count). The zero-order chi connectivity index (χ0) is 16.3. The van der Waals surface area contributed by atoms with E-state index in [1.54, 1.807) is 19.1 Å². The van der Waals surface area contributed by atoms with Gasteiger partial charge in [-0.15, -0.1) is 0 Å². The Morgan fingerprint density at radius 3 is 2.64 bits per heavy atom. The fourth-order valence-corrected chi connectivity index (χ4v) is 3.30. The van der Waals surface area contributed by atoms with Crippen molar-refractivity contribution >= 4 is 10.0 Å². The van der Waals surface area contributed by atoms with Crippen LogP contribution < -0.4 is 4.72 Å². The van der Waals surface area contributed by atoms with Crippen LogP contribution in [-0.2, 0) is 10.0 Å². The molecule has 0 fully saturated rings. The molecule has 7 heteroatoms. The summed E-state index contributed by atoms with van der Waals surface area (Å²) in [6, 6.07) is 7.22. The highest BCUT2D eigenvalue weighted by atomic mass is 32.2. The molecule has 22 heavy (non-hydrogen) atoms. The van der Waals surface area contributed by atoms with Crippen molar-refractivity contribution in [1.29, 1.82) is 0 Å². The van der Waals surface area contributed by atoms with E-state index in [9.17, 15) is 12.8 Å². The summed E-state index contributed by atoms with van der Waals surface area (Å²) < 4.78 is 46.1. The summed E-state index contributed by atoms with van der Waals surface area (Å²) in [5, 5.41) is 0. The van der Waals surface area contributed by atoms with Crippen molar-refractivity contribution in [2.24, 2.45) is 0 Å². The maximum atomic E-state index is 13.8. The molecule has 0 saturated carbocycles. The Bertz CT molecular complexity index is 727. The summed E-state index contributed by atoms with van der Waals surface area (Å²) in [4.78, 5) is 1.48. The molecular formula is C15H19FN2O3S. The molecule has 0 spiro atoms. The highest BCUT2D eigenvalue weighted by Crippen LogP contribution is 2.20. The van der Waals surface area contributed by atoms with Gasteiger partial charge in [0.25, 0.3) is 0 Å². The number of nitrogens with zero attached hydrogens (tertiary/aromatic N) is 1. The van der Waals surface area contributed by atoms with Gasteiger partial charge in [0, 0.05) is 6.54 Å². The molecule has 0 unspecified atom stereocenters. The maximum absolute atomic E-state index is 13.8. The van der Waals surface area contributed by atoms with Crippen LogP contribution in [0.1, 0.15) is 17.4 Å². The predicted octanol–water partition coefficient (Wildman–Crippen LogP) is 2.31. The van der Waals surface area contributed by atoms with Crippen molar-refractivity contribution in [3.8, 4) is 0 Å². The number of halogens is 1. The molecule has 0 aliphatic heterocycles. The van der Waals surface area contributed by atoms with E-state index in [1.165, 1.54) is 18.4 Å². The smallest absolute Gasteiger partial charge is 0.243 e. The van der Waals surface area contributed by atoms with Gasteiger partial charge in [-0.25, -0.2) is 17.5 Å². The molecule has 1 atom stereocenters. The highest BCUT2D eigenvalue weighted by molar-refractivity contribution is 7.89. The first-order valence-corrected chi connectivity index (χ1v) is 8.25. The molecule has 1 N–H and O–H groups in total. The minimum absolute atomic E-state index is 0.0796. The predicted molar refractivity (Wildman–Crippen MR) is 81.5 cm³/mol. The van der Waals surface area contributed by atoms with E-state index in [0.717, 1.165) is 6.07 Å². The molecule has 0 radical (unpaired) electrons. The largest absolute Gasteiger partial charge is 0.468 e. The number of furan rings is 1. The maximum Gasteiger partial charge on any atom is 0.243 e. The Balaban J connectivity index is 2.20. The first kappa shape index (κ1) is 16.7. The van der Waals surface area contributed by atoms with Crippen LogP contribution >= 0.6 is 0 Å². The van der Waals surface area contributed by atoms with Crippen LogP contribution in [0.2, 0.25) is 0 Å². The number of hydrogen-bond acceptors (Lipinski definition) is 4. The van der Waals surface area contributed by atoms with Crippen molar-refractivity contribution in [2.75, 3.05) is 20.6 Å². The van der Waals surface area contributed by atoms with E-state index < -0.39 is 15.8 Å². The zero-order valence-electron chi connectivity index (χ0n) is 12.7. The van der Waals surface area contributed by atoms with E-state index in [4.69, 9.17) is 4.42 Å². The molecule has 1 aromatic heterocycles. The number of benzene rings is 1. The first-order valence-electron chi connectivity index (χ1n) is 6.77. The molecule has 0 aliphatic rings. The van der Waals surface area contributed by atoms with Crippen LogP contribution in [0.4, 0.5) is 4.39 Å². The number of aryl methyl sites for hydroxylation is 1. The van der Waals surface area contributed by atoms with Crippen LogP contribution in [0.3, 0.4) is 0 Å². The lowest BCUT2D eigenvalue weighted by atomic mass is 10.2. The minimum atomic E-state index is -3.93. The normalized spacial score (nSPS) is 13.5. The summed E-state index contributed by atoms with van der Waals surface area (Å²) in [6.07, 6.45) is 1.53. The van der Waals surface area contributed by atoms with Crippen molar-refractivity contribution < 1.29 is 17.2 Å². The lowest BCUT2D eigenvalue weighted by molar-refractivity contribution is 0.259.